The Balaban J connectivity index is 1.89. The van der Waals surface area contributed by atoms with Crippen molar-refractivity contribution in [1.82, 2.24) is 9.97 Å². The number of fused-ring (bicyclic) bond motifs is 1. The molecule has 1 heterocycles. The number of sulfonamides is 1. The van der Waals surface area contributed by atoms with E-state index in [1.807, 2.05) is 13.8 Å². The van der Waals surface area contributed by atoms with Crippen LogP contribution < -0.4 is 9.46 Å². The van der Waals surface area contributed by atoms with Gasteiger partial charge in [0.05, 0.1) is 28.7 Å². The van der Waals surface area contributed by atoms with Gasteiger partial charge in [0.15, 0.2) is 0 Å². The van der Waals surface area contributed by atoms with Crippen LogP contribution in [0.2, 0.25) is 0 Å². The molecule has 0 unspecified atom stereocenters. The predicted octanol–water partition coefficient (Wildman–Crippen LogP) is 3.50. The molecule has 6 nitrogen and oxygen atoms in total. The Bertz CT molecular complexity index is 960. The number of hydrogen-bond donors (Lipinski definition) is 2. The molecular formula is C17H19N3O3S. The second kappa shape index (κ2) is 6.16. The summed E-state index contributed by atoms with van der Waals surface area (Å²) in [4.78, 5) is 7.87. The van der Waals surface area contributed by atoms with Crippen LogP contribution in [-0.2, 0) is 10.0 Å². The van der Waals surface area contributed by atoms with Gasteiger partial charge in [-0.15, -0.1) is 0 Å². The Morgan fingerprint density at radius 3 is 2.46 bits per heavy atom. The highest BCUT2D eigenvalue weighted by Gasteiger charge is 2.15. The molecule has 2 N–H and O–H groups in total. The lowest BCUT2D eigenvalue weighted by Gasteiger charge is -2.08. The number of ether oxygens (including phenoxy) is 1. The first-order chi connectivity index (χ1) is 11.4. The molecule has 1 aromatic heterocycles. The average molecular weight is 345 g/mol. The molecule has 3 aromatic rings. The standard InChI is InChI=1S/C17H19N3O3S/c1-11(2)17-18-15-9-4-12(10-16(15)19-17)20-24(21,22)14-7-5-13(23-3)6-8-14/h4-11,20H,1-3H3,(H,18,19). The van der Waals surface area contributed by atoms with Gasteiger partial charge >= 0.3 is 0 Å². The summed E-state index contributed by atoms with van der Waals surface area (Å²) >= 11 is 0. The van der Waals surface area contributed by atoms with E-state index in [2.05, 4.69) is 14.7 Å². The summed E-state index contributed by atoms with van der Waals surface area (Å²) in [6.07, 6.45) is 0. The van der Waals surface area contributed by atoms with Crippen LogP contribution in [0.1, 0.15) is 25.6 Å². The van der Waals surface area contributed by atoms with Gasteiger partial charge < -0.3 is 9.72 Å². The molecule has 0 bridgehead atoms. The fraction of sp³-hybridized carbons (Fsp3) is 0.235. The molecule has 0 fully saturated rings. The summed E-state index contributed by atoms with van der Waals surface area (Å²) < 4.78 is 32.6. The van der Waals surface area contributed by atoms with E-state index in [9.17, 15) is 8.42 Å². The van der Waals surface area contributed by atoms with Gasteiger partial charge in [-0.2, -0.15) is 0 Å². The maximum Gasteiger partial charge on any atom is 0.261 e. The van der Waals surface area contributed by atoms with Gasteiger partial charge in [-0.3, -0.25) is 4.72 Å². The van der Waals surface area contributed by atoms with Gasteiger partial charge in [0, 0.05) is 5.92 Å². The maximum atomic E-state index is 12.5. The first-order valence-corrected chi connectivity index (χ1v) is 9.04. The molecule has 2 aromatic carbocycles. The minimum Gasteiger partial charge on any atom is -0.497 e. The van der Waals surface area contributed by atoms with Crippen LogP contribution in [0.15, 0.2) is 47.4 Å². The molecule has 3 rings (SSSR count). The Morgan fingerprint density at radius 2 is 1.83 bits per heavy atom. The van der Waals surface area contributed by atoms with E-state index in [-0.39, 0.29) is 10.8 Å². The van der Waals surface area contributed by atoms with Crippen molar-refractivity contribution in [3.05, 3.63) is 48.3 Å². The highest BCUT2D eigenvalue weighted by atomic mass is 32.2. The Kier molecular flexibility index (Phi) is 4.19. The summed E-state index contributed by atoms with van der Waals surface area (Å²) in [5, 5.41) is 0. The van der Waals surface area contributed by atoms with Crippen LogP contribution in [0.3, 0.4) is 0 Å². The lowest BCUT2D eigenvalue weighted by atomic mass is 10.2. The number of H-pyrrole nitrogens is 1. The number of rotatable bonds is 5. The van der Waals surface area contributed by atoms with E-state index < -0.39 is 10.0 Å². The predicted molar refractivity (Wildman–Crippen MR) is 94.0 cm³/mol. The third-order valence-corrected chi connectivity index (χ3v) is 5.07. The SMILES string of the molecule is COc1ccc(S(=O)(=O)Nc2ccc3nc(C(C)C)[nH]c3c2)cc1. The quantitative estimate of drug-likeness (QED) is 0.741. The number of aromatic amines is 1. The number of nitrogens with one attached hydrogen (secondary N) is 2. The topological polar surface area (TPSA) is 84.1 Å². The van der Waals surface area contributed by atoms with Crippen LogP contribution in [0.25, 0.3) is 11.0 Å². The van der Waals surface area contributed by atoms with E-state index in [1.54, 1.807) is 30.3 Å². The number of methoxy groups -OCH3 is 1. The van der Waals surface area contributed by atoms with E-state index in [1.165, 1.54) is 19.2 Å². The Labute approximate surface area is 140 Å². The lowest BCUT2D eigenvalue weighted by molar-refractivity contribution is 0.414. The van der Waals surface area contributed by atoms with Gasteiger partial charge in [0.25, 0.3) is 10.0 Å². The number of imidazole rings is 1. The maximum absolute atomic E-state index is 12.5. The Morgan fingerprint density at radius 1 is 1.12 bits per heavy atom. The molecule has 0 radical (unpaired) electrons. The van der Waals surface area contributed by atoms with Crippen molar-refractivity contribution in [3.8, 4) is 5.75 Å². The van der Waals surface area contributed by atoms with Gasteiger partial charge in [-0.25, -0.2) is 13.4 Å². The molecule has 0 atom stereocenters. The van der Waals surface area contributed by atoms with Crippen molar-refractivity contribution < 1.29 is 13.2 Å². The summed E-state index contributed by atoms with van der Waals surface area (Å²) in [6, 6.07) is 11.5. The second-order valence-electron chi connectivity index (χ2n) is 5.79. The minimum absolute atomic E-state index is 0.177. The minimum atomic E-state index is -3.66. The third-order valence-electron chi connectivity index (χ3n) is 3.67. The summed E-state index contributed by atoms with van der Waals surface area (Å²) in [6.45, 7) is 4.09. The van der Waals surface area contributed by atoms with Gasteiger partial charge in [0.1, 0.15) is 11.6 Å². The third kappa shape index (κ3) is 3.21. The molecule has 126 valence electrons. The van der Waals surface area contributed by atoms with Crippen molar-refractivity contribution in [2.75, 3.05) is 11.8 Å². The fourth-order valence-corrected chi connectivity index (χ4v) is 3.38. The molecule has 0 saturated carbocycles. The average Bonchev–Trinajstić information content (AvgIpc) is 2.98. The molecule has 0 saturated heterocycles. The molecular weight excluding hydrogens is 326 g/mol. The molecule has 24 heavy (non-hydrogen) atoms. The van der Waals surface area contributed by atoms with E-state index in [0.29, 0.717) is 11.4 Å². The van der Waals surface area contributed by atoms with Crippen LogP contribution in [0.5, 0.6) is 5.75 Å². The van der Waals surface area contributed by atoms with Gasteiger partial charge in [-0.1, -0.05) is 13.8 Å². The normalized spacial score (nSPS) is 11.8. The molecule has 0 amide bonds. The molecule has 7 heteroatoms. The van der Waals surface area contributed by atoms with Gasteiger partial charge in [0.2, 0.25) is 0 Å². The van der Waals surface area contributed by atoms with Crippen molar-refractivity contribution >= 4 is 26.7 Å². The smallest absolute Gasteiger partial charge is 0.261 e. The second-order valence-corrected chi connectivity index (χ2v) is 7.47. The highest BCUT2D eigenvalue weighted by Crippen LogP contribution is 2.23. The molecule has 0 aliphatic carbocycles. The largest absolute Gasteiger partial charge is 0.497 e. The molecule has 0 aliphatic heterocycles. The van der Waals surface area contributed by atoms with Gasteiger partial charge in [-0.05, 0) is 42.5 Å². The fourth-order valence-electron chi connectivity index (χ4n) is 2.34. The number of nitrogens with zero attached hydrogens (tertiary/aromatic N) is 1. The summed E-state index contributed by atoms with van der Waals surface area (Å²) in [7, 11) is -2.12. The van der Waals surface area contributed by atoms with Crippen LogP contribution in [-0.4, -0.2) is 25.5 Å². The lowest BCUT2D eigenvalue weighted by Crippen LogP contribution is -2.12. The number of anilines is 1. The van der Waals surface area contributed by atoms with Crippen LogP contribution in [0.4, 0.5) is 5.69 Å². The first-order valence-electron chi connectivity index (χ1n) is 7.55. The van der Waals surface area contributed by atoms with E-state index >= 15 is 0 Å². The zero-order valence-electron chi connectivity index (χ0n) is 13.7. The summed E-state index contributed by atoms with van der Waals surface area (Å²) in [5.41, 5.74) is 2.09. The summed E-state index contributed by atoms with van der Waals surface area (Å²) in [5.74, 6) is 1.76. The number of aromatic nitrogens is 2. The van der Waals surface area contributed by atoms with E-state index in [0.717, 1.165) is 16.9 Å². The first kappa shape index (κ1) is 16.3. The molecule has 0 aliphatic rings. The monoisotopic (exact) mass is 345 g/mol. The van der Waals surface area contributed by atoms with Crippen molar-refractivity contribution in [2.45, 2.75) is 24.7 Å². The molecule has 0 spiro atoms. The van der Waals surface area contributed by atoms with E-state index in [4.69, 9.17) is 4.74 Å². The van der Waals surface area contributed by atoms with Crippen molar-refractivity contribution in [1.29, 1.82) is 0 Å². The number of benzene rings is 2. The Hall–Kier alpha value is -2.54. The van der Waals surface area contributed by atoms with Crippen LogP contribution in [0, 0.1) is 0 Å². The van der Waals surface area contributed by atoms with Crippen LogP contribution >= 0.6 is 0 Å². The highest BCUT2D eigenvalue weighted by molar-refractivity contribution is 7.92. The zero-order valence-corrected chi connectivity index (χ0v) is 14.5. The van der Waals surface area contributed by atoms with Crippen molar-refractivity contribution in [3.63, 3.8) is 0 Å². The van der Waals surface area contributed by atoms with Crippen molar-refractivity contribution in [2.24, 2.45) is 0 Å². The number of hydrogen-bond acceptors (Lipinski definition) is 4. The zero-order chi connectivity index (χ0) is 17.3.